The highest BCUT2D eigenvalue weighted by Gasteiger charge is 2.06. The minimum atomic E-state index is -0.279. The standard InChI is InChI=1S/C15H16N2O2S/c1-10-6-7-20-14(10)9-16-15(19)17-13-5-3-4-12(8-13)11(2)18/h3-8H,9H2,1-2H3,(H2,16,17,19). The summed E-state index contributed by atoms with van der Waals surface area (Å²) in [5.74, 6) is -0.0248. The van der Waals surface area contributed by atoms with E-state index in [-0.39, 0.29) is 11.8 Å². The first-order chi connectivity index (χ1) is 9.56. The molecule has 20 heavy (non-hydrogen) atoms. The topological polar surface area (TPSA) is 58.2 Å². The number of anilines is 1. The fourth-order valence-electron chi connectivity index (χ4n) is 1.74. The summed E-state index contributed by atoms with van der Waals surface area (Å²) in [5, 5.41) is 7.52. The average Bonchev–Trinajstić information content (AvgIpc) is 2.82. The van der Waals surface area contributed by atoms with Gasteiger partial charge in [-0.25, -0.2) is 4.79 Å². The number of nitrogens with one attached hydrogen (secondary N) is 2. The summed E-state index contributed by atoms with van der Waals surface area (Å²) in [5.41, 5.74) is 2.36. The summed E-state index contributed by atoms with van der Waals surface area (Å²) in [6, 6.07) is 8.63. The molecule has 0 aliphatic rings. The maximum Gasteiger partial charge on any atom is 0.319 e. The van der Waals surface area contributed by atoms with Crippen molar-refractivity contribution in [2.75, 3.05) is 5.32 Å². The number of ketones is 1. The van der Waals surface area contributed by atoms with Gasteiger partial charge < -0.3 is 10.6 Å². The van der Waals surface area contributed by atoms with Gasteiger partial charge in [0.25, 0.3) is 0 Å². The van der Waals surface area contributed by atoms with Crippen LogP contribution in [-0.4, -0.2) is 11.8 Å². The Balaban J connectivity index is 1.93. The molecule has 0 fully saturated rings. The third-order valence-electron chi connectivity index (χ3n) is 2.90. The second kappa shape index (κ2) is 6.34. The van der Waals surface area contributed by atoms with Crippen LogP contribution in [0, 0.1) is 6.92 Å². The third-order valence-corrected chi connectivity index (χ3v) is 3.93. The number of aryl methyl sites for hydroxylation is 1. The van der Waals surface area contributed by atoms with E-state index in [0.717, 1.165) is 4.88 Å². The predicted octanol–water partition coefficient (Wildman–Crippen LogP) is 3.58. The maximum absolute atomic E-state index is 11.8. The number of carbonyl (C=O) groups is 2. The lowest BCUT2D eigenvalue weighted by Crippen LogP contribution is -2.28. The third kappa shape index (κ3) is 3.68. The van der Waals surface area contributed by atoms with Gasteiger partial charge >= 0.3 is 6.03 Å². The predicted molar refractivity (Wildman–Crippen MR) is 81.4 cm³/mol. The molecule has 0 unspecified atom stereocenters. The van der Waals surface area contributed by atoms with Crippen LogP contribution in [0.3, 0.4) is 0 Å². The van der Waals surface area contributed by atoms with Crippen molar-refractivity contribution >= 4 is 28.8 Å². The van der Waals surface area contributed by atoms with Crippen LogP contribution in [-0.2, 0) is 6.54 Å². The summed E-state index contributed by atoms with van der Waals surface area (Å²) in [4.78, 5) is 24.2. The zero-order chi connectivity index (χ0) is 14.5. The van der Waals surface area contributed by atoms with Gasteiger partial charge in [-0.2, -0.15) is 0 Å². The molecular formula is C15H16N2O2S. The Morgan fingerprint density at radius 3 is 2.70 bits per heavy atom. The summed E-state index contributed by atoms with van der Waals surface area (Å²) >= 11 is 1.62. The van der Waals surface area contributed by atoms with Crippen molar-refractivity contribution in [3.8, 4) is 0 Å². The second-order valence-corrected chi connectivity index (χ2v) is 5.47. The van der Waals surface area contributed by atoms with E-state index in [9.17, 15) is 9.59 Å². The molecule has 4 nitrogen and oxygen atoms in total. The van der Waals surface area contributed by atoms with Gasteiger partial charge in [0.15, 0.2) is 5.78 Å². The van der Waals surface area contributed by atoms with Gasteiger partial charge in [-0.3, -0.25) is 4.79 Å². The van der Waals surface area contributed by atoms with E-state index in [0.29, 0.717) is 17.8 Å². The molecular weight excluding hydrogens is 272 g/mol. The number of Topliss-reactive ketones (excluding diaryl/α,β-unsaturated/α-hetero) is 1. The van der Waals surface area contributed by atoms with Gasteiger partial charge in [0.05, 0.1) is 6.54 Å². The molecule has 104 valence electrons. The lowest BCUT2D eigenvalue weighted by atomic mass is 10.1. The van der Waals surface area contributed by atoms with E-state index >= 15 is 0 Å². The maximum atomic E-state index is 11.8. The number of hydrogen-bond acceptors (Lipinski definition) is 3. The summed E-state index contributed by atoms with van der Waals surface area (Å²) < 4.78 is 0. The van der Waals surface area contributed by atoms with Crippen LogP contribution >= 0.6 is 11.3 Å². The molecule has 2 rings (SSSR count). The highest BCUT2D eigenvalue weighted by atomic mass is 32.1. The fourth-order valence-corrected chi connectivity index (χ4v) is 2.58. The van der Waals surface area contributed by atoms with E-state index in [1.807, 2.05) is 18.4 Å². The van der Waals surface area contributed by atoms with Gasteiger partial charge in [-0.05, 0) is 43.0 Å². The van der Waals surface area contributed by atoms with Crippen LogP contribution < -0.4 is 10.6 Å². The summed E-state index contributed by atoms with van der Waals surface area (Å²) in [7, 11) is 0. The van der Waals surface area contributed by atoms with E-state index in [2.05, 4.69) is 10.6 Å². The molecule has 2 N–H and O–H groups in total. The summed E-state index contributed by atoms with van der Waals surface area (Å²) in [6.07, 6.45) is 0. The molecule has 0 aliphatic heterocycles. The number of benzene rings is 1. The van der Waals surface area contributed by atoms with Crippen LogP contribution in [0.1, 0.15) is 27.7 Å². The molecule has 0 bridgehead atoms. The largest absolute Gasteiger partial charge is 0.333 e. The zero-order valence-corrected chi connectivity index (χ0v) is 12.2. The first-order valence-corrected chi connectivity index (χ1v) is 7.13. The van der Waals surface area contributed by atoms with Gasteiger partial charge in [-0.15, -0.1) is 11.3 Å². The Morgan fingerprint density at radius 2 is 2.05 bits per heavy atom. The highest BCUT2D eigenvalue weighted by Crippen LogP contribution is 2.15. The Hall–Kier alpha value is -2.14. The Bertz CT molecular complexity index is 634. The molecule has 2 amide bonds. The normalized spacial score (nSPS) is 10.1. The quantitative estimate of drug-likeness (QED) is 0.845. The van der Waals surface area contributed by atoms with Gasteiger partial charge in [0.1, 0.15) is 0 Å². The van der Waals surface area contributed by atoms with E-state index in [1.54, 1.807) is 35.6 Å². The van der Waals surface area contributed by atoms with Crippen molar-refractivity contribution in [1.82, 2.24) is 5.32 Å². The molecule has 0 saturated heterocycles. The number of amides is 2. The molecule has 0 aliphatic carbocycles. The molecule has 0 radical (unpaired) electrons. The molecule has 1 aromatic heterocycles. The Kier molecular flexibility index (Phi) is 4.53. The molecule has 2 aromatic rings. The minimum Gasteiger partial charge on any atom is -0.333 e. The minimum absolute atomic E-state index is 0.0248. The van der Waals surface area contributed by atoms with E-state index in [4.69, 9.17) is 0 Å². The molecule has 5 heteroatoms. The summed E-state index contributed by atoms with van der Waals surface area (Å²) in [6.45, 7) is 4.02. The molecule has 1 aromatic carbocycles. The van der Waals surface area contributed by atoms with Crippen LogP contribution in [0.2, 0.25) is 0 Å². The molecule has 0 spiro atoms. The average molecular weight is 288 g/mol. The SMILES string of the molecule is CC(=O)c1cccc(NC(=O)NCc2sccc2C)c1. The lowest BCUT2D eigenvalue weighted by molar-refractivity contribution is 0.101. The number of carbonyl (C=O) groups excluding carboxylic acids is 2. The second-order valence-electron chi connectivity index (χ2n) is 4.47. The van der Waals surface area contributed by atoms with Crippen molar-refractivity contribution in [3.05, 3.63) is 51.7 Å². The van der Waals surface area contributed by atoms with Gasteiger partial charge in [-0.1, -0.05) is 12.1 Å². The van der Waals surface area contributed by atoms with Gasteiger partial charge in [0, 0.05) is 16.1 Å². The van der Waals surface area contributed by atoms with Crippen molar-refractivity contribution < 1.29 is 9.59 Å². The van der Waals surface area contributed by atoms with Crippen LogP contribution in [0.15, 0.2) is 35.7 Å². The number of urea groups is 1. The fraction of sp³-hybridized carbons (Fsp3) is 0.200. The van der Waals surface area contributed by atoms with Crippen molar-refractivity contribution in [3.63, 3.8) is 0 Å². The Morgan fingerprint density at radius 1 is 1.25 bits per heavy atom. The van der Waals surface area contributed by atoms with Crippen LogP contribution in [0.25, 0.3) is 0 Å². The first-order valence-electron chi connectivity index (χ1n) is 6.25. The number of hydrogen-bond donors (Lipinski definition) is 2. The smallest absolute Gasteiger partial charge is 0.319 e. The van der Waals surface area contributed by atoms with E-state index in [1.165, 1.54) is 12.5 Å². The van der Waals surface area contributed by atoms with Crippen LogP contribution in [0.4, 0.5) is 10.5 Å². The highest BCUT2D eigenvalue weighted by molar-refractivity contribution is 7.10. The van der Waals surface area contributed by atoms with Crippen LogP contribution in [0.5, 0.6) is 0 Å². The Labute approximate surface area is 121 Å². The molecule has 1 heterocycles. The number of thiophene rings is 1. The van der Waals surface area contributed by atoms with Crippen molar-refractivity contribution in [2.24, 2.45) is 0 Å². The van der Waals surface area contributed by atoms with E-state index < -0.39 is 0 Å². The van der Waals surface area contributed by atoms with Crippen molar-refractivity contribution in [2.45, 2.75) is 20.4 Å². The zero-order valence-electron chi connectivity index (χ0n) is 11.4. The first kappa shape index (κ1) is 14.3. The monoisotopic (exact) mass is 288 g/mol. The van der Waals surface area contributed by atoms with Crippen molar-refractivity contribution in [1.29, 1.82) is 0 Å². The molecule has 0 atom stereocenters. The lowest BCUT2D eigenvalue weighted by Gasteiger charge is -2.08. The number of rotatable bonds is 4. The molecule has 0 saturated carbocycles. The van der Waals surface area contributed by atoms with Gasteiger partial charge in [0.2, 0.25) is 0 Å².